The van der Waals surface area contributed by atoms with E-state index >= 15 is 0 Å². The molecule has 2 amide bonds. The van der Waals surface area contributed by atoms with Crippen LogP contribution < -0.4 is 0 Å². The summed E-state index contributed by atoms with van der Waals surface area (Å²) in [6.07, 6.45) is 0.684. The van der Waals surface area contributed by atoms with Crippen LogP contribution >= 0.6 is 15.9 Å². The van der Waals surface area contributed by atoms with Crippen molar-refractivity contribution in [1.82, 2.24) is 4.90 Å². The van der Waals surface area contributed by atoms with Crippen LogP contribution in [0, 0.1) is 0 Å². The van der Waals surface area contributed by atoms with Gasteiger partial charge in [-0.3, -0.25) is 14.5 Å². The number of epoxide rings is 1. The van der Waals surface area contributed by atoms with Gasteiger partial charge in [-0.1, -0.05) is 28.1 Å². The molecule has 1 aromatic carbocycles. The molecule has 1 saturated heterocycles. The van der Waals surface area contributed by atoms with Crippen molar-refractivity contribution in [3.8, 4) is 0 Å². The highest BCUT2D eigenvalue weighted by atomic mass is 79.9. The number of carbonyl (C=O) groups excluding carboxylic acids is 2. The van der Waals surface area contributed by atoms with E-state index in [1.165, 1.54) is 4.90 Å². The fraction of sp³-hybridized carbons (Fsp3) is 0.385. The number of ether oxygens (including phenoxy) is 1. The smallest absolute Gasteiger partial charge is 0.261 e. The SMILES string of the molecule is O=C1c2ccccc2C(=O)N1CCC1(CBr)CO1. The first kappa shape index (κ1) is 11.9. The van der Waals surface area contributed by atoms with E-state index in [4.69, 9.17) is 4.74 Å². The van der Waals surface area contributed by atoms with Gasteiger partial charge in [0, 0.05) is 11.9 Å². The fourth-order valence-corrected chi connectivity index (χ4v) is 2.75. The molecule has 0 aliphatic carbocycles. The zero-order chi connectivity index (χ0) is 12.8. The highest BCUT2D eigenvalue weighted by Gasteiger charge is 2.45. The number of fused-ring (bicyclic) bond motifs is 1. The number of amides is 2. The predicted octanol–water partition coefficient (Wildman–Crippen LogP) is 1.84. The van der Waals surface area contributed by atoms with Crippen LogP contribution in [0.1, 0.15) is 27.1 Å². The Bertz CT molecular complexity index is 490. The highest BCUT2D eigenvalue weighted by molar-refractivity contribution is 9.09. The average Bonchev–Trinajstić information content (AvgIpc) is 3.14. The summed E-state index contributed by atoms with van der Waals surface area (Å²) in [4.78, 5) is 25.5. The van der Waals surface area contributed by atoms with Gasteiger partial charge >= 0.3 is 0 Å². The molecule has 1 aromatic rings. The van der Waals surface area contributed by atoms with Crippen LogP contribution in [0.4, 0.5) is 0 Å². The minimum absolute atomic E-state index is 0.171. The lowest BCUT2D eigenvalue weighted by Gasteiger charge is -2.16. The number of alkyl halides is 1. The molecule has 94 valence electrons. The first-order valence-corrected chi connectivity index (χ1v) is 6.94. The lowest BCUT2D eigenvalue weighted by molar-refractivity contribution is 0.0643. The van der Waals surface area contributed by atoms with Crippen LogP contribution in [0.15, 0.2) is 24.3 Å². The Morgan fingerprint density at radius 3 is 2.22 bits per heavy atom. The number of rotatable bonds is 4. The third kappa shape index (κ3) is 1.78. The monoisotopic (exact) mass is 309 g/mol. The molecule has 0 saturated carbocycles. The predicted molar refractivity (Wildman–Crippen MR) is 68.9 cm³/mol. The summed E-state index contributed by atoms with van der Waals surface area (Å²) in [5.74, 6) is -0.387. The maximum absolute atomic E-state index is 12.1. The summed E-state index contributed by atoms with van der Waals surface area (Å²) in [5.41, 5.74) is 0.842. The van der Waals surface area contributed by atoms with Crippen LogP contribution in [0.5, 0.6) is 0 Å². The summed E-state index contributed by atoms with van der Waals surface area (Å²) < 4.78 is 5.36. The topological polar surface area (TPSA) is 49.9 Å². The Morgan fingerprint density at radius 1 is 1.22 bits per heavy atom. The quantitative estimate of drug-likeness (QED) is 0.484. The molecule has 1 unspecified atom stereocenters. The molecule has 1 atom stereocenters. The second kappa shape index (κ2) is 4.17. The molecule has 2 heterocycles. The normalized spacial score (nSPS) is 25.5. The molecule has 0 aromatic heterocycles. The average molecular weight is 310 g/mol. The van der Waals surface area contributed by atoms with Gasteiger partial charge in [-0.05, 0) is 18.6 Å². The summed E-state index contributed by atoms with van der Waals surface area (Å²) in [5, 5.41) is 0.739. The molecule has 1 fully saturated rings. The van der Waals surface area contributed by atoms with Crippen molar-refractivity contribution in [2.45, 2.75) is 12.0 Å². The molecule has 4 nitrogen and oxygen atoms in total. The van der Waals surface area contributed by atoms with Crippen molar-refractivity contribution in [3.05, 3.63) is 35.4 Å². The molecule has 3 rings (SSSR count). The molecule has 2 aliphatic rings. The van der Waals surface area contributed by atoms with E-state index < -0.39 is 0 Å². The summed E-state index contributed by atoms with van der Waals surface area (Å²) in [7, 11) is 0. The summed E-state index contributed by atoms with van der Waals surface area (Å²) in [6, 6.07) is 6.95. The van der Waals surface area contributed by atoms with Crippen molar-refractivity contribution >= 4 is 27.7 Å². The number of carbonyl (C=O) groups is 2. The lowest BCUT2D eigenvalue weighted by atomic mass is 10.1. The molecule has 5 heteroatoms. The Kier molecular flexibility index (Phi) is 2.75. The Labute approximate surface area is 113 Å². The van der Waals surface area contributed by atoms with E-state index in [0.29, 0.717) is 30.7 Å². The molecule has 0 bridgehead atoms. The third-order valence-electron chi connectivity index (χ3n) is 3.47. The largest absolute Gasteiger partial charge is 0.369 e. The van der Waals surface area contributed by atoms with E-state index in [9.17, 15) is 9.59 Å². The van der Waals surface area contributed by atoms with Crippen molar-refractivity contribution < 1.29 is 14.3 Å². The number of imide groups is 1. The second-order valence-electron chi connectivity index (χ2n) is 4.66. The van der Waals surface area contributed by atoms with Gasteiger partial charge in [-0.15, -0.1) is 0 Å². The Hall–Kier alpha value is -1.20. The van der Waals surface area contributed by atoms with Crippen molar-refractivity contribution in [1.29, 1.82) is 0 Å². The molecule has 0 radical (unpaired) electrons. The van der Waals surface area contributed by atoms with Crippen LogP contribution in [-0.2, 0) is 4.74 Å². The maximum Gasteiger partial charge on any atom is 0.261 e. The van der Waals surface area contributed by atoms with Crippen LogP contribution in [0.3, 0.4) is 0 Å². The number of benzene rings is 1. The van der Waals surface area contributed by atoms with Crippen molar-refractivity contribution in [2.75, 3.05) is 18.5 Å². The van der Waals surface area contributed by atoms with E-state index in [1.54, 1.807) is 24.3 Å². The number of hydrogen-bond acceptors (Lipinski definition) is 3. The molecular weight excluding hydrogens is 298 g/mol. The zero-order valence-corrected chi connectivity index (χ0v) is 11.3. The zero-order valence-electron chi connectivity index (χ0n) is 9.69. The van der Waals surface area contributed by atoms with E-state index in [-0.39, 0.29) is 17.4 Å². The van der Waals surface area contributed by atoms with Gasteiger partial charge in [-0.2, -0.15) is 0 Å². The Balaban J connectivity index is 1.76. The fourth-order valence-electron chi connectivity index (χ4n) is 2.15. The van der Waals surface area contributed by atoms with Gasteiger partial charge in [0.15, 0.2) is 0 Å². The van der Waals surface area contributed by atoms with Crippen molar-refractivity contribution in [2.24, 2.45) is 0 Å². The first-order chi connectivity index (χ1) is 8.67. The third-order valence-corrected chi connectivity index (χ3v) is 4.49. The number of nitrogens with zero attached hydrogens (tertiary/aromatic N) is 1. The van der Waals surface area contributed by atoms with E-state index in [1.807, 2.05) is 0 Å². The summed E-state index contributed by atoms with van der Waals surface area (Å²) in [6.45, 7) is 1.11. The lowest BCUT2D eigenvalue weighted by Crippen LogP contribution is -2.33. The van der Waals surface area contributed by atoms with Gasteiger partial charge in [0.05, 0.1) is 17.7 Å². The minimum atomic E-state index is -0.194. The molecule has 2 aliphatic heterocycles. The summed E-state index contributed by atoms with van der Waals surface area (Å²) >= 11 is 3.39. The molecule has 0 spiro atoms. The maximum atomic E-state index is 12.1. The van der Waals surface area contributed by atoms with Gasteiger partial charge < -0.3 is 4.74 Å². The van der Waals surface area contributed by atoms with E-state index in [2.05, 4.69) is 15.9 Å². The number of halogens is 1. The van der Waals surface area contributed by atoms with Gasteiger partial charge in [0.2, 0.25) is 0 Å². The first-order valence-electron chi connectivity index (χ1n) is 5.82. The minimum Gasteiger partial charge on any atom is -0.369 e. The van der Waals surface area contributed by atoms with Crippen LogP contribution in [-0.4, -0.2) is 40.8 Å². The number of hydrogen-bond donors (Lipinski definition) is 0. The molecular formula is C13H12BrNO3. The van der Waals surface area contributed by atoms with Gasteiger partial charge in [0.1, 0.15) is 5.60 Å². The highest BCUT2D eigenvalue weighted by Crippen LogP contribution is 2.34. The second-order valence-corrected chi connectivity index (χ2v) is 5.22. The van der Waals surface area contributed by atoms with Crippen LogP contribution in [0.2, 0.25) is 0 Å². The van der Waals surface area contributed by atoms with Gasteiger partial charge in [-0.25, -0.2) is 0 Å². The standard InChI is InChI=1S/C13H12BrNO3/c14-7-13(8-18-13)5-6-15-11(16)9-3-1-2-4-10(9)12(15)17/h1-4H,5-8H2. The van der Waals surface area contributed by atoms with E-state index in [0.717, 1.165) is 5.33 Å². The van der Waals surface area contributed by atoms with Crippen molar-refractivity contribution in [3.63, 3.8) is 0 Å². The van der Waals surface area contributed by atoms with Crippen LogP contribution in [0.25, 0.3) is 0 Å². The Morgan fingerprint density at radius 2 is 1.78 bits per heavy atom. The molecule has 18 heavy (non-hydrogen) atoms. The molecule has 0 N–H and O–H groups in total. The van der Waals surface area contributed by atoms with Gasteiger partial charge in [0.25, 0.3) is 11.8 Å².